The molecule has 5 nitrogen and oxygen atoms in total. The lowest BCUT2D eigenvalue weighted by atomic mass is 9.97. The summed E-state index contributed by atoms with van der Waals surface area (Å²) in [6.45, 7) is 0.847. The molecule has 2 rings (SSSR count). The Morgan fingerprint density at radius 2 is 2.06 bits per heavy atom. The van der Waals surface area contributed by atoms with Crippen LogP contribution in [0.5, 0.6) is 0 Å². The highest BCUT2D eigenvalue weighted by Crippen LogP contribution is 2.23. The minimum absolute atomic E-state index is 0.125. The monoisotopic (exact) mass is 257 g/mol. The fourth-order valence-electron chi connectivity index (χ4n) is 1.92. The van der Waals surface area contributed by atoms with Gasteiger partial charge in [0.25, 0.3) is 5.91 Å². The lowest BCUT2D eigenvalue weighted by molar-refractivity contribution is -0.143. The predicted octanol–water partition coefficient (Wildman–Crippen LogP) is 1.87. The molecule has 2 heterocycles. The van der Waals surface area contributed by atoms with E-state index < -0.39 is 5.97 Å². The SMILES string of the molecule is O=C(O)C1CCN(C(=O)c2occc2Cl)CC1. The Bertz CT molecular complexity index is 434. The summed E-state index contributed by atoms with van der Waals surface area (Å²) in [4.78, 5) is 24.3. The number of carbonyl (C=O) groups is 2. The van der Waals surface area contributed by atoms with Crippen molar-refractivity contribution >= 4 is 23.5 Å². The van der Waals surface area contributed by atoms with E-state index in [0.717, 1.165) is 0 Å². The van der Waals surface area contributed by atoms with Gasteiger partial charge in [0.05, 0.1) is 17.2 Å². The van der Waals surface area contributed by atoms with E-state index in [0.29, 0.717) is 25.9 Å². The Hall–Kier alpha value is -1.49. The number of rotatable bonds is 2. The molecule has 0 spiro atoms. The molecule has 1 N–H and O–H groups in total. The topological polar surface area (TPSA) is 70.8 Å². The van der Waals surface area contributed by atoms with Crippen LogP contribution in [0.25, 0.3) is 0 Å². The van der Waals surface area contributed by atoms with Gasteiger partial charge in [-0.25, -0.2) is 0 Å². The first kappa shape index (κ1) is 12.0. The van der Waals surface area contributed by atoms with Crippen LogP contribution in [0.1, 0.15) is 23.4 Å². The molecule has 1 fully saturated rings. The van der Waals surface area contributed by atoms with Crippen molar-refractivity contribution in [1.29, 1.82) is 0 Å². The zero-order valence-electron chi connectivity index (χ0n) is 9.06. The van der Waals surface area contributed by atoms with Gasteiger partial charge in [0.15, 0.2) is 0 Å². The summed E-state index contributed by atoms with van der Waals surface area (Å²) in [7, 11) is 0. The number of carboxylic acids is 1. The standard InChI is InChI=1S/C11H12ClNO4/c12-8-3-6-17-9(8)10(14)13-4-1-7(2-5-13)11(15)16/h3,6-7H,1-2,4-5H2,(H,15,16). The minimum atomic E-state index is -0.798. The van der Waals surface area contributed by atoms with Gasteiger partial charge in [0.1, 0.15) is 0 Å². The van der Waals surface area contributed by atoms with Gasteiger partial charge >= 0.3 is 5.97 Å². The van der Waals surface area contributed by atoms with E-state index in [9.17, 15) is 9.59 Å². The smallest absolute Gasteiger partial charge is 0.306 e. The van der Waals surface area contributed by atoms with Gasteiger partial charge in [-0.1, -0.05) is 11.6 Å². The maximum Gasteiger partial charge on any atom is 0.306 e. The number of furan rings is 1. The van der Waals surface area contributed by atoms with Crippen LogP contribution in [0.15, 0.2) is 16.7 Å². The quantitative estimate of drug-likeness (QED) is 0.878. The summed E-state index contributed by atoms with van der Waals surface area (Å²) in [6, 6.07) is 1.51. The van der Waals surface area contributed by atoms with Crippen molar-refractivity contribution in [3.8, 4) is 0 Å². The van der Waals surface area contributed by atoms with Crippen molar-refractivity contribution in [2.45, 2.75) is 12.8 Å². The number of likely N-dealkylation sites (tertiary alicyclic amines) is 1. The highest BCUT2D eigenvalue weighted by atomic mass is 35.5. The highest BCUT2D eigenvalue weighted by molar-refractivity contribution is 6.33. The molecular formula is C11H12ClNO4. The number of halogens is 1. The van der Waals surface area contributed by atoms with Crippen molar-refractivity contribution in [2.24, 2.45) is 5.92 Å². The molecule has 1 amide bonds. The van der Waals surface area contributed by atoms with Crippen molar-refractivity contribution in [1.82, 2.24) is 4.90 Å². The third-order valence-corrected chi connectivity index (χ3v) is 3.24. The van der Waals surface area contributed by atoms with Gasteiger partial charge in [-0.05, 0) is 18.9 Å². The van der Waals surface area contributed by atoms with E-state index in [2.05, 4.69) is 0 Å². The second-order valence-electron chi connectivity index (χ2n) is 4.00. The number of carboxylic acid groups (broad SMARTS) is 1. The van der Waals surface area contributed by atoms with Crippen LogP contribution in [0.2, 0.25) is 5.02 Å². The molecule has 1 aromatic rings. The Labute approximate surface area is 103 Å². The molecule has 92 valence electrons. The molecule has 0 bridgehead atoms. The van der Waals surface area contributed by atoms with E-state index in [1.165, 1.54) is 12.3 Å². The van der Waals surface area contributed by atoms with Crippen molar-refractivity contribution in [3.63, 3.8) is 0 Å². The van der Waals surface area contributed by atoms with Crippen molar-refractivity contribution < 1.29 is 19.1 Å². The van der Waals surface area contributed by atoms with Crippen LogP contribution in [0.4, 0.5) is 0 Å². The van der Waals surface area contributed by atoms with Crippen LogP contribution in [-0.2, 0) is 4.79 Å². The van der Waals surface area contributed by atoms with Gasteiger partial charge in [-0.15, -0.1) is 0 Å². The average molecular weight is 258 g/mol. The number of hydrogen-bond acceptors (Lipinski definition) is 3. The summed E-state index contributed by atoms with van der Waals surface area (Å²) in [5.41, 5.74) is 0. The third kappa shape index (κ3) is 2.44. The molecule has 1 saturated heterocycles. The Balaban J connectivity index is 2.00. The van der Waals surface area contributed by atoms with E-state index in [-0.39, 0.29) is 22.6 Å². The van der Waals surface area contributed by atoms with E-state index in [4.69, 9.17) is 21.1 Å². The molecule has 0 saturated carbocycles. The van der Waals surface area contributed by atoms with Gasteiger partial charge in [0, 0.05) is 13.1 Å². The van der Waals surface area contributed by atoms with E-state index in [1.54, 1.807) is 4.90 Å². The molecule has 0 aromatic carbocycles. The molecule has 0 atom stereocenters. The van der Waals surface area contributed by atoms with Crippen LogP contribution in [-0.4, -0.2) is 35.0 Å². The molecule has 0 unspecified atom stereocenters. The molecular weight excluding hydrogens is 246 g/mol. The molecule has 6 heteroatoms. The molecule has 17 heavy (non-hydrogen) atoms. The first-order chi connectivity index (χ1) is 8.09. The van der Waals surface area contributed by atoms with Crippen LogP contribution in [0, 0.1) is 5.92 Å². The lowest BCUT2D eigenvalue weighted by Crippen LogP contribution is -2.40. The Morgan fingerprint density at radius 3 is 2.53 bits per heavy atom. The fourth-order valence-corrected chi connectivity index (χ4v) is 2.10. The van der Waals surface area contributed by atoms with Crippen molar-refractivity contribution in [2.75, 3.05) is 13.1 Å². The van der Waals surface area contributed by atoms with E-state index >= 15 is 0 Å². The lowest BCUT2D eigenvalue weighted by Gasteiger charge is -2.29. The van der Waals surface area contributed by atoms with Crippen LogP contribution < -0.4 is 0 Å². The van der Waals surface area contributed by atoms with Gasteiger partial charge in [-0.2, -0.15) is 0 Å². The van der Waals surface area contributed by atoms with Gasteiger partial charge < -0.3 is 14.4 Å². The second kappa shape index (κ2) is 4.79. The first-order valence-corrected chi connectivity index (χ1v) is 5.72. The van der Waals surface area contributed by atoms with Crippen LogP contribution in [0.3, 0.4) is 0 Å². The summed E-state index contributed by atoms with van der Waals surface area (Å²) >= 11 is 5.80. The Kier molecular flexibility index (Phi) is 3.38. The van der Waals surface area contributed by atoms with Gasteiger partial charge in [-0.3, -0.25) is 9.59 Å². The molecule has 1 aromatic heterocycles. The normalized spacial score (nSPS) is 17.1. The number of amides is 1. The third-order valence-electron chi connectivity index (χ3n) is 2.94. The van der Waals surface area contributed by atoms with Gasteiger partial charge in [0.2, 0.25) is 5.76 Å². The second-order valence-corrected chi connectivity index (χ2v) is 4.41. The van der Waals surface area contributed by atoms with Crippen LogP contribution >= 0.6 is 11.6 Å². The maximum absolute atomic E-state index is 12.0. The zero-order valence-corrected chi connectivity index (χ0v) is 9.81. The summed E-state index contributed by atoms with van der Waals surface area (Å²) in [6.07, 6.45) is 2.30. The number of nitrogens with zero attached hydrogens (tertiary/aromatic N) is 1. The number of aliphatic carboxylic acids is 1. The fraction of sp³-hybridized carbons (Fsp3) is 0.455. The summed E-state index contributed by atoms with van der Waals surface area (Å²) < 4.78 is 5.01. The predicted molar refractivity (Wildman–Crippen MR) is 60.0 cm³/mol. The molecule has 1 aliphatic heterocycles. The summed E-state index contributed by atoms with van der Waals surface area (Å²) in [5, 5.41) is 9.14. The molecule has 0 radical (unpaired) electrons. The maximum atomic E-state index is 12.0. The number of hydrogen-bond donors (Lipinski definition) is 1. The first-order valence-electron chi connectivity index (χ1n) is 5.34. The zero-order chi connectivity index (χ0) is 12.4. The molecule has 0 aliphatic carbocycles. The van der Waals surface area contributed by atoms with Crippen molar-refractivity contribution in [3.05, 3.63) is 23.1 Å². The molecule has 1 aliphatic rings. The minimum Gasteiger partial charge on any atom is -0.481 e. The largest absolute Gasteiger partial charge is 0.481 e. The van der Waals surface area contributed by atoms with E-state index in [1.807, 2.05) is 0 Å². The number of piperidine rings is 1. The number of carbonyl (C=O) groups excluding carboxylic acids is 1. The highest BCUT2D eigenvalue weighted by Gasteiger charge is 2.29. The summed E-state index contributed by atoms with van der Waals surface area (Å²) in [5.74, 6) is -1.30. The average Bonchev–Trinajstić information content (AvgIpc) is 2.74. The Morgan fingerprint density at radius 1 is 1.41 bits per heavy atom.